The van der Waals surface area contributed by atoms with E-state index >= 15 is 0 Å². The fourth-order valence-corrected chi connectivity index (χ4v) is 1.48. The van der Waals surface area contributed by atoms with Crippen LogP contribution >= 0.6 is 0 Å². The zero-order valence-electron chi connectivity index (χ0n) is 9.55. The van der Waals surface area contributed by atoms with E-state index in [0.29, 0.717) is 13.1 Å². The first kappa shape index (κ1) is 11.7. The number of carbonyl (C=O) groups is 1. The molecule has 1 aromatic rings. The average molecular weight is 206 g/mol. The van der Waals surface area contributed by atoms with Crippen molar-refractivity contribution in [1.29, 1.82) is 0 Å². The fraction of sp³-hybridized carbons (Fsp3) is 0.417. The van der Waals surface area contributed by atoms with E-state index in [1.807, 2.05) is 32.9 Å². The first-order valence-electron chi connectivity index (χ1n) is 5.13. The SMILES string of the molecule is Cc1ccc(C(=O)NCCN)c(C)c1C. The van der Waals surface area contributed by atoms with Gasteiger partial charge in [-0.25, -0.2) is 0 Å². The van der Waals surface area contributed by atoms with Crippen molar-refractivity contribution in [2.75, 3.05) is 13.1 Å². The van der Waals surface area contributed by atoms with Gasteiger partial charge in [0.25, 0.3) is 5.91 Å². The molecule has 0 aliphatic rings. The van der Waals surface area contributed by atoms with E-state index in [2.05, 4.69) is 5.32 Å². The summed E-state index contributed by atoms with van der Waals surface area (Å²) in [6, 6.07) is 3.84. The van der Waals surface area contributed by atoms with Crippen molar-refractivity contribution in [3.63, 3.8) is 0 Å². The van der Waals surface area contributed by atoms with Crippen LogP contribution < -0.4 is 11.1 Å². The molecule has 0 heterocycles. The van der Waals surface area contributed by atoms with Gasteiger partial charge in [0.15, 0.2) is 0 Å². The molecule has 1 rings (SSSR count). The third kappa shape index (κ3) is 2.57. The normalized spacial score (nSPS) is 10.1. The highest BCUT2D eigenvalue weighted by atomic mass is 16.1. The molecule has 0 aliphatic carbocycles. The van der Waals surface area contributed by atoms with Crippen molar-refractivity contribution in [2.45, 2.75) is 20.8 Å². The molecule has 0 bridgehead atoms. The number of carbonyl (C=O) groups excluding carboxylic acids is 1. The molecule has 0 saturated carbocycles. The Morgan fingerprint density at radius 1 is 1.27 bits per heavy atom. The van der Waals surface area contributed by atoms with Gasteiger partial charge < -0.3 is 11.1 Å². The zero-order valence-corrected chi connectivity index (χ0v) is 9.55. The molecule has 0 saturated heterocycles. The predicted octanol–water partition coefficient (Wildman–Crippen LogP) is 1.30. The topological polar surface area (TPSA) is 55.1 Å². The first-order chi connectivity index (χ1) is 7.07. The highest BCUT2D eigenvalue weighted by molar-refractivity contribution is 5.96. The summed E-state index contributed by atoms with van der Waals surface area (Å²) in [4.78, 5) is 11.7. The van der Waals surface area contributed by atoms with Gasteiger partial charge in [0, 0.05) is 18.7 Å². The van der Waals surface area contributed by atoms with Crippen LogP contribution in [0.4, 0.5) is 0 Å². The number of benzene rings is 1. The highest BCUT2D eigenvalue weighted by Crippen LogP contribution is 2.16. The molecule has 1 amide bonds. The summed E-state index contributed by atoms with van der Waals surface area (Å²) in [5.41, 5.74) is 9.51. The van der Waals surface area contributed by atoms with Gasteiger partial charge >= 0.3 is 0 Å². The predicted molar refractivity (Wildman–Crippen MR) is 62.0 cm³/mol. The van der Waals surface area contributed by atoms with Gasteiger partial charge in [-0.3, -0.25) is 4.79 Å². The second-order valence-electron chi connectivity index (χ2n) is 3.72. The lowest BCUT2D eigenvalue weighted by Crippen LogP contribution is -2.29. The van der Waals surface area contributed by atoms with Crippen molar-refractivity contribution >= 4 is 5.91 Å². The lowest BCUT2D eigenvalue weighted by atomic mass is 9.98. The van der Waals surface area contributed by atoms with Crippen molar-refractivity contribution in [3.8, 4) is 0 Å². The van der Waals surface area contributed by atoms with E-state index in [9.17, 15) is 4.79 Å². The molecule has 3 nitrogen and oxygen atoms in total. The molecule has 3 N–H and O–H groups in total. The van der Waals surface area contributed by atoms with Crippen LogP contribution in [0.5, 0.6) is 0 Å². The van der Waals surface area contributed by atoms with E-state index in [4.69, 9.17) is 5.73 Å². The molecule has 0 aromatic heterocycles. The Balaban J connectivity index is 2.95. The smallest absolute Gasteiger partial charge is 0.251 e. The number of nitrogens with two attached hydrogens (primary N) is 1. The molecule has 0 atom stereocenters. The van der Waals surface area contributed by atoms with Crippen molar-refractivity contribution in [3.05, 3.63) is 34.4 Å². The number of rotatable bonds is 3. The van der Waals surface area contributed by atoms with Crippen molar-refractivity contribution in [2.24, 2.45) is 5.73 Å². The molecule has 0 spiro atoms. The Labute approximate surface area is 90.7 Å². The second-order valence-corrected chi connectivity index (χ2v) is 3.72. The molecular weight excluding hydrogens is 188 g/mol. The fourth-order valence-electron chi connectivity index (χ4n) is 1.48. The van der Waals surface area contributed by atoms with Gasteiger partial charge in [-0.1, -0.05) is 6.07 Å². The van der Waals surface area contributed by atoms with Gasteiger partial charge in [0.1, 0.15) is 0 Å². The molecule has 15 heavy (non-hydrogen) atoms. The van der Waals surface area contributed by atoms with Gasteiger partial charge in [0.05, 0.1) is 0 Å². The maximum atomic E-state index is 11.7. The molecule has 0 unspecified atom stereocenters. The lowest BCUT2D eigenvalue weighted by molar-refractivity contribution is 0.0954. The van der Waals surface area contributed by atoms with Gasteiger partial charge in [0.2, 0.25) is 0 Å². The van der Waals surface area contributed by atoms with Crippen molar-refractivity contribution < 1.29 is 4.79 Å². The second kappa shape index (κ2) is 4.94. The van der Waals surface area contributed by atoms with E-state index < -0.39 is 0 Å². The number of hydrogen-bond acceptors (Lipinski definition) is 2. The number of hydrogen-bond donors (Lipinski definition) is 2. The Kier molecular flexibility index (Phi) is 3.86. The minimum Gasteiger partial charge on any atom is -0.351 e. The number of aryl methyl sites for hydroxylation is 1. The maximum absolute atomic E-state index is 11.7. The lowest BCUT2D eigenvalue weighted by Gasteiger charge is -2.10. The summed E-state index contributed by atoms with van der Waals surface area (Å²) < 4.78 is 0. The number of nitrogens with one attached hydrogen (secondary N) is 1. The Morgan fingerprint density at radius 3 is 2.53 bits per heavy atom. The van der Waals surface area contributed by atoms with Crippen LogP contribution in [0.1, 0.15) is 27.0 Å². The summed E-state index contributed by atoms with van der Waals surface area (Å²) >= 11 is 0. The summed E-state index contributed by atoms with van der Waals surface area (Å²) in [5.74, 6) is -0.0407. The summed E-state index contributed by atoms with van der Waals surface area (Å²) in [6.07, 6.45) is 0. The van der Waals surface area contributed by atoms with E-state index in [1.54, 1.807) is 0 Å². The Morgan fingerprint density at radius 2 is 1.93 bits per heavy atom. The summed E-state index contributed by atoms with van der Waals surface area (Å²) in [6.45, 7) is 7.04. The highest BCUT2D eigenvalue weighted by Gasteiger charge is 2.10. The third-order valence-electron chi connectivity index (χ3n) is 2.73. The molecule has 1 aromatic carbocycles. The van der Waals surface area contributed by atoms with Gasteiger partial charge in [-0.2, -0.15) is 0 Å². The van der Waals surface area contributed by atoms with Crippen LogP contribution in [0.15, 0.2) is 12.1 Å². The summed E-state index contributed by atoms with van der Waals surface area (Å²) in [7, 11) is 0. The van der Waals surface area contributed by atoms with Crippen LogP contribution in [0, 0.1) is 20.8 Å². The minimum atomic E-state index is -0.0407. The molecule has 0 aliphatic heterocycles. The minimum absolute atomic E-state index is 0.0407. The first-order valence-corrected chi connectivity index (χ1v) is 5.13. The van der Waals surface area contributed by atoms with E-state index in [1.165, 1.54) is 11.1 Å². The quantitative estimate of drug-likeness (QED) is 0.783. The maximum Gasteiger partial charge on any atom is 0.251 e. The van der Waals surface area contributed by atoms with E-state index in [0.717, 1.165) is 11.1 Å². The van der Waals surface area contributed by atoms with Crippen LogP contribution in [0.25, 0.3) is 0 Å². The van der Waals surface area contributed by atoms with Crippen LogP contribution in [-0.4, -0.2) is 19.0 Å². The molecule has 0 radical (unpaired) electrons. The van der Waals surface area contributed by atoms with Gasteiger partial charge in [-0.05, 0) is 43.5 Å². The third-order valence-corrected chi connectivity index (χ3v) is 2.73. The molecule has 3 heteroatoms. The van der Waals surface area contributed by atoms with Gasteiger partial charge in [-0.15, -0.1) is 0 Å². The van der Waals surface area contributed by atoms with Crippen molar-refractivity contribution in [1.82, 2.24) is 5.32 Å². The molecule has 0 fully saturated rings. The zero-order chi connectivity index (χ0) is 11.4. The largest absolute Gasteiger partial charge is 0.351 e. The van der Waals surface area contributed by atoms with E-state index in [-0.39, 0.29) is 5.91 Å². The molecular formula is C12H18N2O. The monoisotopic (exact) mass is 206 g/mol. The van der Waals surface area contributed by atoms with Crippen LogP contribution in [-0.2, 0) is 0 Å². The Bertz CT molecular complexity index is 372. The number of amides is 1. The average Bonchev–Trinajstić information content (AvgIpc) is 2.23. The summed E-state index contributed by atoms with van der Waals surface area (Å²) in [5, 5.41) is 2.77. The Hall–Kier alpha value is -1.35. The van der Waals surface area contributed by atoms with Crippen LogP contribution in [0.3, 0.4) is 0 Å². The molecule has 82 valence electrons. The van der Waals surface area contributed by atoms with Crippen LogP contribution in [0.2, 0.25) is 0 Å². The standard InChI is InChI=1S/C12H18N2O/c1-8-4-5-11(10(3)9(8)2)12(15)14-7-6-13/h4-5H,6-7,13H2,1-3H3,(H,14,15).